The van der Waals surface area contributed by atoms with Crippen LogP contribution in [-0.4, -0.2) is 70.6 Å². The lowest BCUT2D eigenvalue weighted by Gasteiger charge is -2.55. The highest BCUT2D eigenvalue weighted by molar-refractivity contribution is 5.69. The zero-order valence-corrected chi connectivity index (χ0v) is 22.6. The molecule has 36 heavy (non-hydrogen) atoms. The molecule has 4 fully saturated rings. The third-order valence-corrected chi connectivity index (χ3v) is 10.8. The Morgan fingerprint density at radius 1 is 1.17 bits per heavy atom. The van der Waals surface area contributed by atoms with Crippen molar-refractivity contribution in [3.63, 3.8) is 0 Å². The van der Waals surface area contributed by atoms with Gasteiger partial charge in [-0.3, -0.25) is 0 Å². The van der Waals surface area contributed by atoms with Gasteiger partial charge in [0.2, 0.25) is 0 Å². The fraction of sp³-hybridized carbons (Fsp3) is 0.828. The molecule has 0 radical (unpaired) electrons. The zero-order chi connectivity index (χ0) is 25.8. The molecule has 2 heterocycles. The Kier molecular flexibility index (Phi) is 5.40. The molecule has 0 aromatic rings. The fourth-order valence-electron chi connectivity index (χ4n) is 8.86. The van der Waals surface area contributed by atoms with Crippen LogP contribution in [0.15, 0.2) is 23.3 Å². The molecule has 6 rings (SSSR count). The van der Waals surface area contributed by atoms with E-state index in [0.29, 0.717) is 31.5 Å². The van der Waals surface area contributed by atoms with Gasteiger partial charge in [-0.15, -0.1) is 0 Å². The van der Waals surface area contributed by atoms with Crippen molar-refractivity contribution in [3.05, 3.63) is 23.3 Å². The molecule has 2 N–H and O–H groups in total. The van der Waals surface area contributed by atoms with Crippen molar-refractivity contribution in [3.8, 4) is 0 Å². The first-order chi connectivity index (χ1) is 16.8. The Balaban J connectivity index is 1.48. The summed E-state index contributed by atoms with van der Waals surface area (Å²) in [6.45, 7) is 14.0. The third-order valence-electron chi connectivity index (χ3n) is 10.8. The van der Waals surface area contributed by atoms with Gasteiger partial charge in [0, 0.05) is 19.0 Å². The Labute approximate surface area is 214 Å². The van der Waals surface area contributed by atoms with Crippen molar-refractivity contribution in [1.82, 2.24) is 4.90 Å². The quantitative estimate of drug-likeness (QED) is 0.528. The maximum Gasteiger partial charge on any atom is 0.410 e. The molecule has 0 aromatic carbocycles. The number of hydrogen-bond acceptors (Lipinski definition) is 6. The lowest BCUT2D eigenvalue weighted by Crippen LogP contribution is -2.69. The van der Waals surface area contributed by atoms with Gasteiger partial charge in [-0.1, -0.05) is 32.9 Å². The van der Waals surface area contributed by atoms with Gasteiger partial charge in [-0.2, -0.15) is 0 Å². The standard InChI is InChI=1S/C29H43NO6/c1-16-14-28-17(2)12-20-21(26(20,3)4)19(22(28)31)13-18-15-34-27(5,6)36-24(18)29(28,33)23(16)35-25(32)30-10-8-7-9-11-30/h13-14,17,19-24,31,33H,7-12,15H2,1-6H3/t17-,19+,20-,21+,22?,23+,24-,28+,29-/m1/s1. The van der Waals surface area contributed by atoms with Gasteiger partial charge in [0.1, 0.15) is 11.7 Å². The van der Waals surface area contributed by atoms with E-state index in [0.717, 1.165) is 36.8 Å². The number of piperidine rings is 1. The number of aliphatic hydroxyl groups is 2. The SMILES string of the molecule is CC1=C[C@]23C(O)[C@@H](C=C4COC(C)(C)O[C@H]4[C@]2(O)[C@H]1OC(=O)N1CCCCC1)[C@H]1[C@@H](C[C@H]3C)C1(C)C. The van der Waals surface area contributed by atoms with Gasteiger partial charge in [0.25, 0.3) is 0 Å². The number of nitrogens with zero attached hydrogens (tertiary/aromatic N) is 1. The highest BCUT2D eigenvalue weighted by Gasteiger charge is 2.77. The topological polar surface area (TPSA) is 88.5 Å². The molecule has 2 bridgehead atoms. The molecule has 0 aromatic heterocycles. The predicted octanol–water partition coefficient (Wildman–Crippen LogP) is 4.04. The molecule has 7 heteroatoms. The first kappa shape index (κ1) is 24.9. The minimum absolute atomic E-state index is 0.0345. The van der Waals surface area contributed by atoms with Crippen molar-refractivity contribution in [2.45, 2.75) is 96.9 Å². The van der Waals surface area contributed by atoms with Gasteiger partial charge in [-0.05, 0) is 80.8 Å². The van der Waals surface area contributed by atoms with Crippen molar-refractivity contribution >= 4 is 6.09 Å². The maximum atomic E-state index is 13.4. The molecule has 7 nitrogen and oxygen atoms in total. The summed E-state index contributed by atoms with van der Waals surface area (Å²) in [6.07, 6.45) is 5.24. The second kappa shape index (κ2) is 7.81. The zero-order valence-electron chi connectivity index (χ0n) is 22.6. The van der Waals surface area contributed by atoms with E-state index >= 15 is 0 Å². The molecule has 2 saturated heterocycles. The number of rotatable bonds is 1. The van der Waals surface area contributed by atoms with Crippen LogP contribution in [0.5, 0.6) is 0 Å². The number of carbonyl (C=O) groups is 1. The summed E-state index contributed by atoms with van der Waals surface area (Å²) >= 11 is 0. The Morgan fingerprint density at radius 2 is 1.86 bits per heavy atom. The lowest BCUT2D eigenvalue weighted by molar-refractivity contribution is -0.312. The molecule has 200 valence electrons. The van der Waals surface area contributed by atoms with E-state index in [1.807, 2.05) is 26.8 Å². The van der Waals surface area contributed by atoms with Crippen LogP contribution < -0.4 is 0 Å². The van der Waals surface area contributed by atoms with Crippen molar-refractivity contribution in [2.24, 2.45) is 34.5 Å². The minimum Gasteiger partial charge on any atom is -0.438 e. The van der Waals surface area contributed by atoms with Crippen LogP contribution in [0.4, 0.5) is 4.79 Å². The Morgan fingerprint density at radius 3 is 2.56 bits per heavy atom. The molecule has 1 amide bonds. The van der Waals surface area contributed by atoms with Gasteiger partial charge in [0.15, 0.2) is 11.9 Å². The third kappa shape index (κ3) is 3.15. The molecular weight excluding hydrogens is 458 g/mol. The predicted molar refractivity (Wildman–Crippen MR) is 134 cm³/mol. The Hall–Kier alpha value is -1.41. The normalized spacial score (nSPS) is 48.3. The van der Waals surface area contributed by atoms with E-state index < -0.39 is 41.2 Å². The highest BCUT2D eigenvalue weighted by atomic mass is 16.7. The lowest BCUT2D eigenvalue weighted by atomic mass is 9.58. The van der Waals surface area contributed by atoms with Gasteiger partial charge < -0.3 is 29.3 Å². The van der Waals surface area contributed by atoms with Crippen LogP contribution in [0.2, 0.25) is 0 Å². The van der Waals surface area contributed by atoms with Crippen LogP contribution in [0.3, 0.4) is 0 Å². The van der Waals surface area contributed by atoms with E-state index in [2.05, 4.69) is 26.8 Å². The molecule has 4 aliphatic carbocycles. The van der Waals surface area contributed by atoms with E-state index in [-0.39, 0.29) is 17.3 Å². The summed E-state index contributed by atoms with van der Waals surface area (Å²) in [4.78, 5) is 15.1. The number of carbonyl (C=O) groups excluding carboxylic acids is 1. The highest BCUT2D eigenvalue weighted by Crippen LogP contribution is 2.73. The van der Waals surface area contributed by atoms with Gasteiger partial charge in [0.05, 0.1) is 18.1 Å². The average Bonchev–Trinajstić information content (AvgIpc) is 3.32. The van der Waals surface area contributed by atoms with E-state index in [4.69, 9.17) is 14.2 Å². The second-order valence-corrected chi connectivity index (χ2v) is 13.5. The number of amides is 1. The summed E-state index contributed by atoms with van der Waals surface area (Å²) in [5.41, 5.74) is -0.890. The molecular formula is C29H43NO6. The first-order valence-corrected chi connectivity index (χ1v) is 13.9. The number of ether oxygens (including phenoxy) is 3. The fourth-order valence-corrected chi connectivity index (χ4v) is 8.86. The molecule has 6 aliphatic rings. The number of likely N-dealkylation sites (tertiary alicyclic amines) is 1. The molecule has 2 saturated carbocycles. The van der Waals surface area contributed by atoms with Crippen molar-refractivity contribution < 1.29 is 29.2 Å². The monoisotopic (exact) mass is 501 g/mol. The van der Waals surface area contributed by atoms with Crippen LogP contribution in [0, 0.1) is 34.5 Å². The smallest absolute Gasteiger partial charge is 0.410 e. The Bertz CT molecular complexity index is 1010. The van der Waals surface area contributed by atoms with Gasteiger partial charge >= 0.3 is 6.09 Å². The van der Waals surface area contributed by atoms with Crippen LogP contribution >= 0.6 is 0 Å². The molecule has 2 aliphatic heterocycles. The summed E-state index contributed by atoms with van der Waals surface area (Å²) in [6, 6.07) is 0. The first-order valence-electron chi connectivity index (χ1n) is 13.9. The van der Waals surface area contributed by atoms with Crippen LogP contribution in [0.25, 0.3) is 0 Å². The maximum absolute atomic E-state index is 13.4. The van der Waals surface area contributed by atoms with Crippen molar-refractivity contribution in [2.75, 3.05) is 19.7 Å². The largest absolute Gasteiger partial charge is 0.438 e. The summed E-state index contributed by atoms with van der Waals surface area (Å²) in [5, 5.41) is 25.3. The molecule has 9 atom stereocenters. The number of hydrogen-bond donors (Lipinski definition) is 2. The summed E-state index contributed by atoms with van der Waals surface area (Å²) < 4.78 is 18.8. The number of aliphatic hydroxyl groups excluding tert-OH is 1. The minimum atomic E-state index is -1.65. The van der Waals surface area contributed by atoms with E-state index in [1.165, 1.54) is 0 Å². The van der Waals surface area contributed by atoms with Crippen LogP contribution in [-0.2, 0) is 14.2 Å². The summed E-state index contributed by atoms with van der Waals surface area (Å²) in [7, 11) is 0. The van der Waals surface area contributed by atoms with Gasteiger partial charge in [-0.25, -0.2) is 4.79 Å². The second-order valence-electron chi connectivity index (χ2n) is 13.5. The average molecular weight is 502 g/mol. The number of fused-ring (bicyclic) bond motifs is 5. The van der Waals surface area contributed by atoms with Crippen LogP contribution in [0.1, 0.15) is 67.2 Å². The van der Waals surface area contributed by atoms with E-state index in [1.54, 1.807) is 4.90 Å². The molecule has 1 spiro atoms. The van der Waals surface area contributed by atoms with Crippen molar-refractivity contribution in [1.29, 1.82) is 0 Å². The van der Waals surface area contributed by atoms with E-state index in [9.17, 15) is 15.0 Å². The summed E-state index contributed by atoms with van der Waals surface area (Å²) in [5.74, 6) is -0.290. The molecule has 1 unspecified atom stereocenters.